The highest BCUT2D eigenvalue weighted by atomic mass is 14.4. The van der Waals surface area contributed by atoms with Gasteiger partial charge in [-0.1, -0.05) is 187 Å². The average molecular weight is 923 g/mol. The molecule has 338 valence electrons. The van der Waals surface area contributed by atoms with E-state index in [9.17, 15) is 0 Å². The second-order valence-corrected chi connectivity index (χ2v) is 21.6. The molecular weight excluding hydrogens is 877 g/mol. The van der Waals surface area contributed by atoms with Gasteiger partial charge >= 0.3 is 0 Å². The van der Waals surface area contributed by atoms with Crippen molar-refractivity contribution >= 4 is 118 Å². The SMILES string of the molecule is Cc1ccc(-c2c3c(c(-c4ccc(C)cc4C)c4cc5ccccc5cc24)-c2ccc4c5ccc6c7c(ccc(c8ccc-3c2c84)c57)c2c(-c3ccccc3C)c3cccc4c5ccccc5c(c34)c62)c(C)c1. The molecule has 0 radical (unpaired) electrons. The van der Waals surface area contributed by atoms with E-state index >= 15 is 0 Å². The summed E-state index contributed by atoms with van der Waals surface area (Å²) in [5.74, 6) is 0. The van der Waals surface area contributed by atoms with Gasteiger partial charge in [0.1, 0.15) is 0 Å². The van der Waals surface area contributed by atoms with Crippen LogP contribution in [0.1, 0.15) is 27.8 Å². The lowest BCUT2D eigenvalue weighted by Crippen LogP contribution is -1.97. The van der Waals surface area contributed by atoms with Crippen LogP contribution in [0, 0.1) is 34.6 Å². The first-order chi connectivity index (χ1) is 35.8. The molecule has 0 aliphatic heterocycles. The van der Waals surface area contributed by atoms with Crippen LogP contribution in [0.25, 0.3) is 174 Å². The summed E-state index contributed by atoms with van der Waals surface area (Å²) in [6, 6.07) is 73.0. The number of aryl methyl sites for hydroxylation is 5. The first kappa shape index (κ1) is 39.8. The Bertz CT molecular complexity index is 5000. The molecule has 0 fully saturated rings. The van der Waals surface area contributed by atoms with Gasteiger partial charge in [0.05, 0.1) is 0 Å². The van der Waals surface area contributed by atoms with Crippen LogP contribution in [0.3, 0.4) is 0 Å². The van der Waals surface area contributed by atoms with Crippen LogP contribution in [-0.2, 0) is 0 Å². The van der Waals surface area contributed by atoms with Gasteiger partial charge in [0.15, 0.2) is 0 Å². The summed E-state index contributed by atoms with van der Waals surface area (Å²) < 4.78 is 0. The molecule has 0 amide bonds. The molecule has 16 aromatic carbocycles. The minimum absolute atomic E-state index is 1.26. The maximum atomic E-state index is 2.49. The van der Waals surface area contributed by atoms with E-state index < -0.39 is 0 Å². The smallest absolute Gasteiger partial charge is 0.000696 e. The first-order valence-electron chi connectivity index (χ1n) is 26.0. The molecule has 0 saturated carbocycles. The fourth-order valence-electron chi connectivity index (χ4n) is 14.8. The van der Waals surface area contributed by atoms with Gasteiger partial charge in [-0.05, 0) is 238 Å². The molecule has 17 rings (SSSR count). The highest BCUT2D eigenvalue weighted by molar-refractivity contribution is 6.51. The molecule has 0 nitrogen and oxygen atoms in total. The van der Waals surface area contributed by atoms with Crippen LogP contribution in [0.15, 0.2) is 188 Å². The highest BCUT2D eigenvalue weighted by Crippen LogP contribution is 2.62. The van der Waals surface area contributed by atoms with Crippen molar-refractivity contribution in [2.75, 3.05) is 0 Å². The summed E-state index contributed by atoms with van der Waals surface area (Å²) in [5.41, 5.74) is 19.8. The monoisotopic (exact) mass is 922 g/mol. The molecule has 0 aromatic heterocycles. The molecular formula is C73H46. The van der Waals surface area contributed by atoms with Crippen LogP contribution >= 0.6 is 0 Å². The predicted octanol–water partition coefficient (Wildman–Crippen LogP) is 20.9. The third kappa shape index (κ3) is 4.87. The molecule has 0 heteroatoms. The number of benzene rings is 14. The summed E-state index contributed by atoms with van der Waals surface area (Å²) >= 11 is 0. The van der Waals surface area contributed by atoms with E-state index in [4.69, 9.17) is 0 Å². The van der Waals surface area contributed by atoms with E-state index in [1.54, 1.807) is 0 Å². The predicted molar refractivity (Wildman–Crippen MR) is 317 cm³/mol. The van der Waals surface area contributed by atoms with Crippen molar-refractivity contribution in [3.8, 4) is 55.6 Å². The zero-order valence-corrected chi connectivity index (χ0v) is 41.4. The van der Waals surface area contributed by atoms with Crippen molar-refractivity contribution in [2.45, 2.75) is 34.6 Å². The van der Waals surface area contributed by atoms with E-state index in [0.717, 1.165) is 0 Å². The van der Waals surface area contributed by atoms with Gasteiger partial charge in [0.25, 0.3) is 0 Å². The second-order valence-electron chi connectivity index (χ2n) is 21.6. The van der Waals surface area contributed by atoms with Gasteiger partial charge in [0, 0.05) is 0 Å². The van der Waals surface area contributed by atoms with Gasteiger partial charge in [-0.15, -0.1) is 0 Å². The van der Waals surface area contributed by atoms with Crippen molar-refractivity contribution in [1.29, 1.82) is 0 Å². The molecule has 73 heavy (non-hydrogen) atoms. The minimum Gasteiger partial charge on any atom is -0.0620 e. The van der Waals surface area contributed by atoms with E-state index in [0.29, 0.717) is 0 Å². The maximum absolute atomic E-state index is 2.49. The Morgan fingerprint density at radius 2 is 0.589 bits per heavy atom. The molecule has 0 unspecified atom stereocenters. The molecule has 0 N–H and O–H groups in total. The van der Waals surface area contributed by atoms with Crippen molar-refractivity contribution in [3.05, 3.63) is 216 Å². The van der Waals surface area contributed by atoms with Gasteiger partial charge in [-0.3, -0.25) is 0 Å². The van der Waals surface area contributed by atoms with Gasteiger partial charge in [0.2, 0.25) is 0 Å². The maximum Gasteiger partial charge on any atom is -0.000696 e. The largest absolute Gasteiger partial charge is 0.0620 e. The topological polar surface area (TPSA) is 0 Å². The van der Waals surface area contributed by atoms with Crippen LogP contribution < -0.4 is 0 Å². The Labute approximate surface area is 422 Å². The summed E-state index contributed by atoms with van der Waals surface area (Å²) in [7, 11) is 0. The Hall–Kier alpha value is -8.84. The van der Waals surface area contributed by atoms with E-state index in [2.05, 4.69) is 223 Å². The van der Waals surface area contributed by atoms with Crippen molar-refractivity contribution < 1.29 is 0 Å². The van der Waals surface area contributed by atoms with Crippen LogP contribution in [0.4, 0.5) is 0 Å². The highest BCUT2D eigenvalue weighted by Gasteiger charge is 2.34. The normalized spacial score (nSPS) is 12.7. The number of rotatable bonds is 3. The van der Waals surface area contributed by atoms with E-state index in [1.165, 1.54) is 202 Å². The van der Waals surface area contributed by atoms with Crippen LogP contribution in [0.2, 0.25) is 0 Å². The van der Waals surface area contributed by atoms with Gasteiger partial charge in [-0.2, -0.15) is 0 Å². The molecule has 0 saturated heterocycles. The Morgan fingerprint density at radius 1 is 0.192 bits per heavy atom. The quantitative estimate of drug-likeness (QED) is 0.122. The molecule has 0 bridgehead atoms. The molecule has 1 aliphatic rings. The zero-order valence-electron chi connectivity index (χ0n) is 41.4. The van der Waals surface area contributed by atoms with E-state index in [-0.39, 0.29) is 0 Å². The Balaban J connectivity index is 1.05. The van der Waals surface area contributed by atoms with Gasteiger partial charge in [-0.25, -0.2) is 0 Å². The summed E-state index contributed by atoms with van der Waals surface area (Å²) in [5, 5.41) is 29.5. The zero-order chi connectivity index (χ0) is 48.3. The second kappa shape index (κ2) is 13.8. The number of hydrogen-bond donors (Lipinski definition) is 0. The number of hydrogen-bond acceptors (Lipinski definition) is 0. The lowest BCUT2D eigenvalue weighted by molar-refractivity contribution is 1.38. The fourth-order valence-corrected chi connectivity index (χ4v) is 14.8. The molecule has 16 aromatic rings. The minimum atomic E-state index is 1.26. The van der Waals surface area contributed by atoms with Crippen molar-refractivity contribution in [3.63, 3.8) is 0 Å². The lowest BCUT2D eigenvalue weighted by atomic mass is 9.80. The Kier molecular flexibility index (Phi) is 7.51. The fraction of sp³-hybridized carbons (Fsp3) is 0.0685. The standard InChI is InChI=1S/C73H46/c1-37-21-23-45(40(4)33-37)62-59-35-42-14-7-8-15-43(42)36-60(59)63(46-24-22-38(2)34-41(46)5)72-57-31-27-51-53-28-32-58-68-55(29-25-52(65(53)68)50-26-30-56(71(62)72)67(57)64(50)51)70-61(44-16-9-6-13-39(44)3)54-20-12-19-48-47-17-10-11-18-49(47)69(66(48)54)73(58)70/h6-36H,1-5H3. The first-order valence-corrected chi connectivity index (χ1v) is 26.0. The molecule has 0 spiro atoms. The third-order valence-electron chi connectivity index (χ3n) is 17.7. The van der Waals surface area contributed by atoms with Crippen LogP contribution in [0.5, 0.6) is 0 Å². The average Bonchev–Trinajstić information content (AvgIpc) is 4.15. The van der Waals surface area contributed by atoms with E-state index in [1.807, 2.05) is 0 Å². The third-order valence-corrected chi connectivity index (χ3v) is 17.7. The molecule has 0 heterocycles. The summed E-state index contributed by atoms with van der Waals surface area (Å²) in [6.45, 7) is 11.3. The number of fused-ring (bicyclic) bond motifs is 14. The molecule has 1 aliphatic carbocycles. The van der Waals surface area contributed by atoms with Crippen molar-refractivity contribution in [1.82, 2.24) is 0 Å². The molecule has 0 atom stereocenters. The van der Waals surface area contributed by atoms with Gasteiger partial charge < -0.3 is 0 Å². The summed E-state index contributed by atoms with van der Waals surface area (Å²) in [6.07, 6.45) is 0. The van der Waals surface area contributed by atoms with Crippen molar-refractivity contribution in [2.24, 2.45) is 0 Å². The Morgan fingerprint density at radius 3 is 1.19 bits per heavy atom. The lowest BCUT2D eigenvalue weighted by Gasteiger charge is -2.23. The van der Waals surface area contributed by atoms with Crippen LogP contribution in [-0.4, -0.2) is 0 Å². The summed E-state index contributed by atoms with van der Waals surface area (Å²) in [4.78, 5) is 0.